The van der Waals surface area contributed by atoms with Gasteiger partial charge in [0, 0.05) is 12.6 Å². The van der Waals surface area contributed by atoms with Gasteiger partial charge < -0.3 is 15.7 Å². The molecule has 0 bridgehead atoms. The summed E-state index contributed by atoms with van der Waals surface area (Å²) in [5.74, 6) is 0.414. The molecule has 0 aliphatic heterocycles. The van der Waals surface area contributed by atoms with Gasteiger partial charge in [0.25, 0.3) is 0 Å². The van der Waals surface area contributed by atoms with Crippen molar-refractivity contribution in [3.8, 4) is 0 Å². The van der Waals surface area contributed by atoms with E-state index in [1.807, 2.05) is 6.92 Å². The summed E-state index contributed by atoms with van der Waals surface area (Å²) >= 11 is 0. The van der Waals surface area contributed by atoms with E-state index in [2.05, 4.69) is 24.5 Å². The largest absolute Gasteiger partial charge is 0.388 e. The monoisotopic (exact) mass is 256 g/mol. The molecule has 0 aromatic rings. The first kappa shape index (κ1) is 15.3. The van der Waals surface area contributed by atoms with Crippen molar-refractivity contribution < 1.29 is 9.90 Å². The molecule has 0 aromatic carbocycles. The van der Waals surface area contributed by atoms with E-state index in [9.17, 15) is 9.90 Å². The first-order valence-corrected chi connectivity index (χ1v) is 7.20. The first-order valence-electron chi connectivity index (χ1n) is 7.20. The van der Waals surface area contributed by atoms with E-state index < -0.39 is 5.60 Å². The highest BCUT2D eigenvalue weighted by molar-refractivity contribution is 5.74. The minimum atomic E-state index is -0.699. The molecule has 1 atom stereocenters. The van der Waals surface area contributed by atoms with E-state index in [-0.39, 0.29) is 12.1 Å². The average Bonchev–Trinajstić information content (AvgIpc) is 2.52. The summed E-state index contributed by atoms with van der Waals surface area (Å²) in [7, 11) is 0. The van der Waals surface area contributed by atoms with Crippen LogP contribution < -0.4 is 10.6 Å². The van der Waals surface area contributed by atoms with Crippen molar-refractivity contribution in [2.45, 2.75) is 70.9 Å². The Morgan fingerprint density at radius 1 is 1.17 bits per heavy atom. The molecule has 0 saturated heterocycles. The van der Waals surface area contributed by atoms with Crippen LogP contribution in [-0.4, -0.2) is 29.3 Å². The molecule has 1 rings (SSSR count). The minimum Gasteiger partial charge on any atom is -0.388 e. The number of hydrogen-bond acceptors (Lipinski definition) is 2. The molecule has 18 heavy (non-hydrogen) atoms. The van der Waals surface area contributed by atoms with E-state index in [4.69, 9.17) is 0 Å². The molecule has 0 aromatic heterocycles. The standard InChI is InChI=1S/C14H28N2O2/c1-11(2)12(3)16-13(17)15-10-14(18)8-6-4-5-7-9-14/h11-12,18H,4-10H2,1-3H3,(H2,15,16,17). The van der Waals surface area contributed by atoms with Crippen molar-refractivity contribution in [1.29, 1.82) is 0 Å². The van der Waals surface area contributed by atoms with Gasteiger partial charge in [-0.15, -0.1) is 0 Å². The fraction of sp³-hybridized carbons (Fsp3) is 0.929. The summed E-state index contributed by atoms with van der Waals surface area (Å²) in [6, 6.07) is -0.0253. The van der Waals surface area contributed by atoms with Gasteiger partial charge in [-0.2, -0.15) is 0 Å². The van der Waals surface area contributed by atoms with Crippen LogP contribution in [0.2, 0.25) is 0 Å². The van der Waals surface area contributed by atoms with Crippen LogP contribution in [0.4, 0.5) is 4.79 Å². The molecule has 0 heterocycles. The van der Waals surface area contributed by atoms with E-state index in [0.717, 1.165) is 25.7 Å². The highest BCUT2D eigenvalue weighted by Gasteiger charge is 2.28. The Morgan fingerprint density at radius 3 is 2.22 bits per heavy atom. The fourth-order valence-electron chi connectivity index (χ4n) is 2.23. The van der Waals surface area contributed by atoms with E-state index in [0.29, 0.717) is 12.5 Å². The number of carbonyl (C=O) groups is 1. The quantitative estimate of drug-likeness (QED) is 0.676. The van der Waals surface area contributed by atoms with Crippen molar-refractivity contribution in [1.82, 2.24) is 10.6 Å². The Balaban J connectivity index is 2.32. The third-order valence-electron chi connectivity index (χ3n) is 3.97. The van der Waals surface area contributed by atoms with Gasteiger partial charge in [0.05, 0.1) is 5.60 Å². The van der Waals surface area contributed by atoms with Crippen molar-refractivity contribution in [3.63, 3.8) is 0 Å². The Kier molecular flexibility index (Phi) is 5.93. The zero-order valence-corrected chi connectivity index (χ0v) is 12.0. The lowest BCUT2D eigenvalue weighted by Crippen LogP contribution is -2.49. The molecule has 0 radical (unpaired) electrons. The van der Waals surface area contributed by atoms with Gasteiger partial charge in [-0.05, 0) is 25.7 Å². The molecular weight excluding hydrogens is 228 g/mol. The molecule has 2 amide bonds. The molecule has 1 saturated carbocycles. The maximum Gasteiger partial charge on any atom is 0.315 e. The molecule has 3 N–H and O–H groups in total. The highest BCUT2D eigenvalue weighted by atomic mass is 16.3. The Hall–Kier alpha value is -0.770. The molecular formula is C14H28N2O2. The van der Waals surface area contributed by atoms with Gasteiger partial charge in [-0.3, -0.25) is 0 Å². The molecule has 0 spiro atoms. The normalized spacial score (nSPS) is 21.2. The zero-order chi connectivity index (χ0) is 13.6. The lowest BCUT2D eigenvalue weighted by molar-refractivity contribution is 0.0275. The Labute approximate surface area is 111 Å². The summed E-state index contributed by atoms with van der Waals surface area (Å²) in [5.41, 5.74) is -0.699. The van der Waals surface area contributed by atoms with E-state index in [1.54, 1.807) is 0 Å². The summed E-state index contributed by atoms with van der Waals surface area (Å²) < 4.78 is 0. The van der Waals surface area contributed by atoms with Gasteiger partial charge in [0.15, 0.2) is 0 Å². The highest BCUT2D eigenvalue weighted by Crippen LogP contribution is 2.26. The number of rotatable bonds is 4. The second-order valence-corrected chi connectivity index (χ2v) is 6.00. The number of aliphatic hydroxyl groups is 1. The van der Waals surface area contributed by atoms with Gasteiger partial charge >= 0.3 is 6.03 Å². The van der Waals surface area contributed by atoms with Gasteiger partial charge in [-0.1, -0.05) is 39.5 Å². The second kappa shape index (κ2) is 6.98. The summed E-state index contributed by atoms with van der Waals surface area (Å²) in [5, 5.41) is 16.1. The Bertz CT molecular complexity index is 259. The van der Waals surface area contributed by atoms with Crippen molar-refractivity contribution in [2.24, 2.45) is 5.92 Å². The lowest BCUT2D eigenvalue weighted by Gasteiger charge is -2.27. The zero-order valence-electron chi connectivity index (χ0n) is 12.0. The van der Waals surface area contributed by atoms with Crippen LogP contribution in [0.3, 0.4) is 0 Å². The van der Waals surface area contributed by atoms with Gasteiger partial charge in [0.2, 0.25) is 0 Å². The number of urea groups is 1. The molecule has 4 heteroatoms. The molecule has 1 aliphatic rings. The molecule has 1 fully saturated rings. The topological polar surface area (TPSA) is 61.4 Å². The smallest absolute Gasteiger partial charge is 0.315 e. The Morgan fingerprint density at radius 2 is 1.72 bits per heavy atom. The van der Waals surface area contributed by atoms with Crippen molar-refractivity contribution in [3.05, 3.63) is 0 Å². The van der Waals surface area contributed by atoms with Crippen LogP contribution >= 0.6 is 0 Å². The van der Waals surface area contributed by atoms with Crippen LogP contribution in [0, 0.1) is 5.92 Å². The fourth-order valence-corrected chi connectivity index (χ4v) is 2.23. The maximum atomic E-state index is 11.7. The van der Waals surface area contributed by atoms with Crippen molar-refractivity contribution >= 4 is 6.03 Å². The number of nitrogens with one attached hydrogen (secondary N) is 2. The van der Waals surface area contributed by atoms with E-state index in [1.165, 1.54) is 12.8 Å². The number of hydrogen-bond donors (Lipinski definition) is 3. The predicted octanol–water partition coefficient (Wildman–Crippen LogP) is 2.42. The number of carbonyl (C=O) groups excluding carboxylic acids is 1. The third kappa shape index (κ3) is 5.25. The van der Waals surface area contributed by atoms with Crippen LogP contribution in [0.5, 0.6) is 0 Å². The first-order chi connectivity index (χ1) is 8.43. The van der Waals surface area contributed by atoms with Crippen LogP contribution in [0.1, 0.15) is 59.3 Å². The summed E-state index contributed by atoms with van der Waals surface area (Å²) in [6.07, 6.45) is 6.10. The second-order valence-electron chi connectivity index (χ2n) is 6.00. The average molecular weight is 256 g/mol. The SMILES string of the molecule is CC(C)C(C)NC(=O)NCC1(O)CCCCCC1. The van der Waals surface area contributed by atoms with E-state index >= 15 is 0 Å². The van der Waals surface area contributed by atoms with Gasteiger partial charge in [-0.25, -0.2) is 4.79 Å². The molecule has 106 valence electrons. The number of amides is 2. The van der Waals surface area contributed by atoms with Crippen LogP contribution in [0.15, 0.2) is 0 Å². The maximum absolute atomic E-state index is 11.7. The minimum absolute atomic E-state index is 0.147. The summed E-state index contributed by atoms with van der Waals surface area (Å²) in [4.78, 5) is 11.7. The molecule has 4 nitrogen and oxygen atoms in total. The van der Waals surface area contributed by atoms with Crippen molar-refractivity contribution in [2.75, 3.05) is 6.54 Å². The van der Waals surface area contributed by atoms with Gasteiger partial charge in [0.1, 0.15) is 0 Å². The third-order valence-corrected chi connectivity index (χ3v) is 3.97. The molecule has 1 aliphatic carbocycles. The van der Waals surface area contributed by atoms with Crippen LogP contribution in [0.25, 0.3) is 0 Å². The lowest BCUT2D eigenvalue weighted by atomic mass is 9.94. The van der Waals surface area contributed by atoms with Crippen LogP contribution in [-0.2, 0) is 0 Å². The predicted molar refractivity (Wildman–Crippen MR) is 73.5 cm³/mol. The summed E-state index contributed by atoms with van der Waals surface area (Å²) in [6.45, 7) is 6.50. The molecule has 1 unspecified atom stereocenters.